The van der Waals surface area contributed by atoms with Crippen molar-refractivity contribution in [3.63, 3.8) is 0 Å². The number of aliphatic hydroxyl groups is 1. The first-order valence-electron chi connectivity index (χ1n) is 10.8. The molecule has 1 N–H and O–H groups in total. The third-order valence-electron chi connectivity index (χ3n) is 5.91. The largest absolute Gasteiger partial charge is 0.507 e. The van der Waals surface area contributed by atoms with Crippen LogP contribution in [0.1, 0.15) is 48.1 Å². The van der Waals surface area contributed by atoms with Crippen LogP contribution in [0.2, 0.25) is 0 Å². The summed E-state index contributed by atoms with van der Waals surface area (Å²) in [5.41, 5.74) is 3.65. The Morgan fingerprint density at radius 2 is 1.70 bits per heavy atom. The number of hydrogen-bond donors (Lipinski definition) is 1. The molecule has 1 atom stereocenters. The molecule has 168 valence electrons. The highest BCUT2D eigenvalue weighted by Crippen LogP contribution is 2.43. The Balaban J connectivity index is 1.94. The van der Waals surface area contributed by atoms with E-state index in [9.17, 15) is 14.7 Å². The van der Waals surface area contributed by atoms with E-state index in [1.165, 1.54) is 12.0 Å². The van der Waals surface area contributed by atoms with E-state index in [2.05, 4.69) is 18.8 Å². The minimum atomic E-state index is -0.803. The topological polar surface area (TPSA) is 79.7 Å². The van der Waals surface area contributed by atoms with Gasteiger partial charge in [-0.1, -0.05) is 37.6 Å². The van der Waals surface area contributed by atoms with E-state index in [-0.39, 0.29) is 11.3 Å². The molecule has 1 saturated heterocycles. The minimum Gasteiger partial charge on any atom is -0.507 e. The molecule has 33 heavy (non-hydrogen) atoms. The van der Waals surface area contributed by atoms with Crippen LogP contribution in [0.15, 0.2) is 72.6 Å². The molecular formula is C27H26N2O4. The molecule has 0 spiro atoms. The predicted molar refractivity (Wildman–Crippen MR) is 127 cm³/mol. The maximum atomic E-state index is 13.3. The van der Waals surface area contributed by atoms with Crippen LogP contribution < -0.4 is 9.64 Å². The number of rotatable bonds is 5. The molecule has 1 aromatic heterocycles. The lowest BCUT2D eigenvalue weighted by Gasteiger charge is -2.25. The average molecular weight is 443 g/mol. The van der Waals surface area contributed by atoms with Crippen LogP contribution in [0.4, 0.5) is 5.69 Å². The molecular weight excluding hydrogens is 416 g/mol. The normalized spacial score (nSPS) is 17.6. The van der Waals surface area contributed by atoms with Gasteiger partial charge in [0, 0.05) is 18.1 Å². The number of anilines is 1. The molecule has 1 unspecified atom stereocenters. The second-order valence-corrected chi connectivity index (χ2v) is 8.40. The van der Waals surface area contributed by atoms with Gasteiger partial charge in [-0.25, -0.2) is 0 Å². The monoisotopic (exact) mass is 442 g/mol. The van der Waals surface area contributed by atoms with Gasteiger partial charge in [-0.2, -0.15) is 0 Å². The summed E-state index contributed by atoms with van der Waals surface area (Å²) in [5, 5.41) is 11.3. The number of aryl methyl sites for hydroxylation is 1. The Bertz CT molecular complexity index is 1230. The van der Waals surface area contributed by atoms with Crippen LogP contribution in [0.3, 0.4) is 0 Å². The number of Topliss-reactive ketones (excluding diaryl/α,β-unsaturated/α-hetero) is 1. The molecule has 6 heteroatoms. The average Bonchev–Trinajstić information content (AvgIpc) is 3.09. The van der Waals surface area contributed by atoms with Gasteiger partial charge in [0.25, 0.3) is 11.7 Å². The number of carbonyl (C=O) groups is 2. The number of ketones is 1. The van der Waals surface area contributed by atoms with Gasteiger partial charge in [0.05, 0.1) is 24.3 Å². The van der Waals surface area contributed by atoms with Gasteiger partial charge in [0.15, 0.2) is 0 Å². The molecule has 0 radical (unpaired) electrons. The van der Waals surface area contributed by atoms with E-state index in [0.717, 1.165) is 11.1 Å². The van der Waals surface area contributed by atoms with Crippen molar-refractivity contribution < 1.29 is 19.4 Å². The van der Waals surface area contributed by atoms with Crippen molar-refractivity contribution in [3.05, 3.63) is 94.8 Å². The standard InChI is InChI=1S/C27H26N2O4/c1-16(2)18-6-8-20(9-7-18)29-24(19-11-13-28-14-12-19)23(26(31)27(29)32)25(30)21-15-17(3)5-10-22(21)33-4/h5-16,24,30H,1-4H3/b25-23+. The third-order valence-corrected chi connectivity index (χ3v) is 5.91. The molecule has 0 bridgehead atoms. The smallest absolute Gasteiger partial charge is 0.300 e. The number of hydrogen-bond acceptors (Lipinski definition) is 5. The van der Waals surface area contributed by atoms with Crippen LogP contribution in [0.25, 0.3) is 5.76 Å². The molecule has 1 aliphatic rings. The number of carbonyl (C=O) groups excluding carboxylic acids is 2. The molecule has 4 rings (SSSR count). The van der Waals surface area contributed by atoms with Gasteiger partial charge < -0.3 is 9.84 Å². The lowest BCUT2D eigenvalue weighted by atomic mass is 9.94. The van der Waals surface area contributed by atoms with E-state index in [1.807, 2.05) is 37.3 Å². The highest BCUT2D eigenvalue weighted by atomic mass is 16.5. The minimum absolute atomic E-state index is 0.0167. The van der Waals surface area contributed by atoms with E-state index in [0.29, 0.717) is 28.5 Å². The van der Waals surface area contributed by atoms with Crippen molar-refractivity contribution in [1.82, 2.24) is 4.98 Å². The fourth-order valence-electron chi connectivity index (χ4n) is 4.13. The Labute approximate surface area is 193 Å². The number of benzene rings is 2. The molecule has 0 aliphatic carbocycles. The van der Waals surface area contributed by atoms with Gasteiger partial charge in [0.1, 0.15) is 11.5 Å². The second kappa shape index (κ2) is 8.90. The molecule has 0 saturated carbocycles. The zero-order chi connectivity index (χ0) is 23.7. The summed E-state index contributed by atoms with van der Waals surface area (Å²) in [4.78, 5) is 32.0. The SMILES string of the molecule is COc1ccc(C)cc1/C(O)=C1\C(=O)C(=O)N(c2ccc(C(C)C)cc2)C1c1ccncc1. The summed E-state index contributed by atoms with van der Waals surface area (Å²) >= 11 is 0. The number of nitrogens with zero attached hydrogens (tertiary/aromatic N) is 2. The first-order valence-corrected chi connectivity index (χ1v) is 10.8. The fourth-order valence-corrected chi connectivity index (χ4v) is 4.13. The Morgan fingerprint density at radius 3 is 2.30 bits per heavy atom. The zero-order valence-electron chi connectivity index (χ0n) is 19.1. The Morgan fingerprint density at radius 1 is 1.03 bits per heavy atom. The lowest BCUT2D eigenvalue weighted by molar-refractivity contribution is -0.132. The molecule has 2 aromatic carbocycles. The summed E-state index contributed by atoms with van der Waals surface area (Å²) in [6, 6.07) is 15.6. The highest BCUT2D eigenvalue weighted by Gasteiger charge is 2.47. The van der Waals surface area contributed by atoms with Crippen LogP contribution in [0.5, 0.6) is 5.75 Å². The van der Waals surface area contributed by atoms with Gasteiger partial charge in [-0.05, 0) is 60.4 Å². The maximum absolute atomic E-state index is 13.3. The molecule has 1 fully saturated rings. The summed E-state index contributed by atoms with van der Waals surface area (Å²) in [6.45, 7) is 6.06. The van der Waals surface area contributed by atoms with Crippen LogP contribution >= 0.6 is 0 Å². The van der Waals surface area contributed by atoms with Gasteiger partial charge in [-0.3, -0.25) is 19.5 Å². The van der Waals surface area contributed by atoms with E-state index >= 15 is 0 Å². The summed E-state index contributed by atoms with van der Waals surface area (Å²) in [6.07, 6.45) is 3.20. The predicted octanol–water partition coefficient (Wildman–Crippen LogP) is 5.15. The molecule has 1 amide bonds. The van der Waals surface area contributed by atoms with Gasteiger partial charge in [0.2, 0.25) is 0 Å². The molecule has 3 aromatic rings. The molecule has 1 aliphatic heterocycles. The van der Waals surface area contributed by atoms with Crippen molar-refractivity contribution in [2.24, 2.45) is 0 Å². The van der Waals surface area contributed by atoms with Crippen molar-refractivity contribution in [2.45, 2.75) is 32.7 Å². The van der Waals surface area contributed by atoms with Crippen molar-refractivity contribution >= 4 is 23.1 Å². The van der Waals surface area contributed by atoms with Crippen LogP contribution in [-0.4, -0.2) is 28.9 Å². The number of pyridine rings is 1. The quantitative estimate of drug-likeness (QED) is 0.336. The Hall–Kier alpha value is -3.93. The molecule has 2 heterocycles. The van der Waals surface area contributed by atoms with E-state index < -0.39 is 17.7 Å². The van der Waals surface area contributed by atoms with Crippen molar-refractivity contribution in [2.75, 3.05) is 12.0 Å². The number of aliphatic hydroxyl groups excluding tert-OH is 1. The zero-order valence-corrected chi connectivity index (χ0v) is 19.1. The number of ether oxygens (including phenoxy) is 1. The summed E-state index contributed by atoms with van der Waals surface area (Å²) in [5.74, 6) is -0.955. The van der Waals surface area contributed by atoms with Crippen LogP contribution in [-0.2, 0) is 9.59 Å². The first-order chi connectivity index (χ1) is 15.8. The van der Waals surface area contributed by atoms with Crippen molar-refractivity contribution in [1.29, 1.82) is 0 Å². The number of methoxy groups -OCH3 is 1. The van der Waals surface area contributed by atoms with E-state index in [1.54, 1.807) is 36.7 Å². The fraction of sp³-hybridized carbons (Fsp3) is 0.222. The van der Waals surface area contributed by atoms with Gasteiger partial charge in [-0.15, -0.1) is 0 Å². The number of amides is 1. The Kier molecular flexibility index (Phi) is 6.01. The first kappa shape index (κ1) is 22.3. The highest BCUT2D eigenvalue weighted by molar-refractivity contribution is 6.51. The van der Waals surface area contributed by atoms with E-state index in [4.69, 9.17) is 4.74 Å². The third kappa shape index (κ3) is 4.00. The van der Waals surface area contributed by atoms with Gasteiger partial charge >= 0.3 is 0 Å². The lowest BCUT2D eigenvalue weighted by Crippen LogP contribution is -2.29. The second-order valence-electron chi connectivity index (χ2n) is 8.40. The molecule has 6 nitrogen and oxygen atoms in total. The summed E-state index contributed by atoms with van der Waals surface area (Å²) in [7, 11) is 1.50. The van der Waals surface area contributed by atoms with Crippen LogP contribution in [0, 0.1) is 6.92 Å². The summed E-state index contributed by atoms with van der Waals surface area (Å²) < 4.78 is 5.42. The van der Waals surface area contributed by atoms with Crippen molar-refractivity contribution in [3.8, 4) is 5.75 Å². The maximum Gasteiger partial charge on any atom is 0.300 e. The number of aromatic nitrogens is 1.